The predicted octanol–water partition coefficient (Wildman–Crippen LogP) is 1.93. The van der Waals surface area contributed by atoms with Crippen LogP contribution in [0.3, 0.4) is 0 Å². The summed E-state index contributed by atoms with van der Waals surface area (Å²) in [6, 6.07) is 0. The van der Waals surface area contributed by atoms with Crippen molar-refractivity contribution in [1.29, 1.82) is 0 Å². The van der Waals surface area contributed by atoms with Gasteiger partial charge in [-0.25, -0.2) is 0 Å². The molecule has 72 valence electrons. The Balaban J connectivity index is 4.20. The van der Waals surface area contributed by atoms with E-state index in [-0.39, 0.29) is 0 Å². The molecule has 0 aromatic rings. The van der Waals surface area contributed by atoms with Gasteiger partial charge in [0, 0.05) is 13.5 Å². The van der Waals surface area contributed by atoms with E-state index < -0.39 is 24.0 Å². The highest BCUT2D eigenvalue weighted by Gasteiger charge is 2.41. The summed E-state index contributed by atoms with van der Waals surface area (Å²) in [4.78, 5) is 10.4. The van der Waals surface area contributed by atoms with Crippen molar-refractivity contribution in [3.8, 4) is 0 Å². The van der Waals surface area contributed by atoms with Crippen molar-refractivity contribution >= 4 is 5.78 Å². The smallest absolute Gasteiger partial charge is 0.378 e. The van der Waals surface area contributed by atoms with Crippen molar-refractivity contribution in [2.45, 2.75) is 32.0 Å². The molecule has 0 aliphatic rings. The first kappa shape index (κ1) is 11.4. The Morgan fingerprint density at radius 3 is 2.00 bits per heavy atom. The van der Waals surface area contributed by atoms with E-state index in [1.807, 2.05) is 0 Å². The predicted molar refractivity (Wildman–Crippen MR) is 36.8 cm³/mol. The third-order valence-corrected chi connectivity index (χ3v) is 1.46. The average molecular weight is 184 g/mol. The zero-order valence-electron chi connectivity index (χ0n) is 7.16. The maximum Gasteiger partial charge on any atom is 0.450 e. The minimum Gasteiger partial charge on any atom is -0.378 e. The largest absolute Gasteiger partial charge is 0.450 e. The number of carbonyl (C=O) groups is 1. The van der Waals surface area contributed by atoms with Crippen LogP contribution in [-0.4, -0.2) is 24.7 Å². The third kappa shape index (κ3) is 3.71. The number of Topliss-reactive ketones (excluding diaryl/α,β-unsaturated/α-hetero) is 1. The van der Waals surface area contributed by atoms with E-state index in [4.69, 9.17) is 0 Å². The Bertz CT molecular complexity index is 172. The second-order valence-corrected chi connectivity index (χ2v) is 3.06. The summed E-state index contributed by atoms with van der Waals surface area (Å²) in [6.07, 6.45) is -5.40. The summed E-state index contributed by atoms with van der Waals surface area (Å²) in [5.41, 5.74) is -1.05. The van der Waals surface area contributed by atoms with Gasteiger partial charge in [-0.15, -0.1) is 0 Å². The summed E-state index contributed by atoms with van der Waals surface area (Å²) in [5, 5.41) is 0. The van der Waals surface area contributed by atoms with E-state index in [0.717, 1.165) is 0 Å². The molecule has 0 aliphatic carbocycles. The molecule has 0 amide bonds. The van der Waals surface area contributed by atoms with Crippen molar-refractivity contribution in [1.82, 2.24) is 0 Å². The van der Waals surface area contributed by atoms with E-state index in [2.05, 4.69) is 4.74 Å². The van der Waals surface area contributed by atoms with Crippen LogP contribution in [0.5, 0.6) is 0 Å². The van der Waals surface area contributed by atoms with Crippen LogP contribution in [-0.2, 0) is 9.53 Å². The van der Waals surface area contributed by atoms with Gasteiger partial charge in [-0.05, 0) is 13.8 Å². The Morgan fingerprint density at radius 1 is 1.33 bits per heavy atom. The molecule has 0 N–H and O–H groups in total. The van der Waals surface area contributed by atoms with Crippen molar-refractivity contribution in [3.63, 3.8) is 0 Å². The Morgan fingerprint density at radius 2 is 1.75 bits per heavy atom. The summed E-state index contributed by atoms with van der Waals surface area (Å²) < 4.78 is 39.8. The quantitative estimate of drug-likeness (QED) is 0.669. The van der Waals surface area contributed by atoms with Crippen LogP contribution >= 0.6 is 0 Å². The molecular formula is C7H11F3O2. The lowest BCUT2D eigenvalue weighted by atomic mass is 10.0. The zero-order chi connectivity index (χ0) is 9.99. The summed E-state index contributed by atoms with van der Waals surface area (Å²) in [5.74, 6) is -1.76. The fourth-order valence-electron chi connectivity index (χ4n) is 0.559. The molecule has 5 heteroatoms. The van der Waals surface area contributed by atoms with E-state index in [1.165, 1.54) is 21.0 Å². The van der Waals surface area contributed by atoms with Crippen LogP contribution in [0.4, 0.5) is 13.2 Å². The molecule has 0 aromatic carbocycles. The number of rotatable bonds is 3. The number of methoxy groups -OCH3 is 1. The maximum absolute atomic E-state index is 11.7. The second kappa shape index (κ2) is 3.43. The highest BCUT2D eigenvalue weighted by Crippen LogP contribution is 2.23. The maximum atomic E-state index is 11.7. The number of ether oxygens (including phenoxy) is 1. The van der Waals surface area contributed by atoms with Gasteiger partial charge in [0.25, 0.3) is 0 Å². The number of ketones is 1. The van der Waals surface area contributed by atoms with Gasteiger partial charge < -0.3 is 4.74 Å². The van der Waals surface area contributed by atoms with E-state index in [9.17, 15) is 18.0 Å². The Labute approximate surface area is 68.7 Å². The van der Waals surface area contributed by atoms with E-state index >= 15 is 0 Å². The molecule has 2 nitrogen and oxygen atoms in total. The van der Waals surface area contributed by atoms with Crippen molar-refractivity contribution in [3.05, 3.63) is 0 Å². The summed E-state index contributed by atoms with van der Waals surface area (Å²) in [6.45, 7) is 2.85. The molecule has 0 aliphatic heterocycles. The van der Waals surface area contributed by atoms with Crippen LogP contribution in [0.2, 0.25) is 0 Å². The van der Waals surface area contributed by atoms with Gasteiger partial charge in [0.2, 0.25) is 5.78 Å². The van der Waals surface area contributed by atoms with Gasteiger partial charge in [-0.1, -0.05) is 0 Å². The second-order valence-electron chi connectivity index (χ2n) is 3.06. The van der Waals surface area contributed by atoms with Crippen LogP contribution in [0.1, 0.15) is 20.3 Å². The fraction of sp³-hybridized carbons (Fsp3) is 0.857. The number of alkyl halides is 3. The molecule has 0 aromatic heterocycles. The molecule has 0 rings (SSSR count). The van der Waals surface area contributed by atoms with E-state index in [1.54, 1.807) is 0 Å². The van der Waals surface area contributed by atoms with Gasteiger partial charge in [-0.2, -0.15) is 13.2 Å². The molecular weight excluding hydrogens is 173 g/mol. The SMILES string of the molecule is COC(C)(C)CC(=O)C(F)(F)F. The topological polar surface area (TPSA) is 26.3 Å². The number of hydrogen-bond donors (Lipinski definition) is 0. The first-order chi connectivity index (χ1) is 5.19. The first-order valence-electron chi connectivity index (χ1n) is 3.34. The summed E-state index contributed by atoms with van der Waals surface area (Å²) >= 11 is 0. The molecule has 0 fully saturated rings. The normalized spacial score (nSPS) is 13.2. The molecule has 0 radical (unpaired) electrons. The highest BCUT2D eigenvalue weighted by atomic mass is 19.4. The van der Waals surface area contributed by atoms with Crippen molar-refractivity contribution in [2.24, 2.45) is 0 Å². The number of carbonyl (C=O) groups excluding carboxylic acids is 1. The lowest BCUT2D eigenvalue weighted by Crippen LogP contribution is -2.33. The zero-order valence-corrected chi connectivity index (χ0v) is 7.16. The van der Waals surface area contributed by atoms with E-state index in [0.29, 0.717) is 0 Å². The molecule has 0 spiro atoms. The molecule has 0 heterocycles. The van der Waals surface area contributed by atoms with Crippen molar-refractivity contribution in [2.75, 3.05) is 7.11 Å². The summed E-state index contributed by atoms with van der Waals surface area (Å²) in [7, 11) is 1.27. The Kier molecular flexibility index (Phi) is 3.26. The molecule has 0 atom stereocenters. The first-order valence-corrected chi connectivity index (χ1v) is 3.34. The minimum absolute atomic E-state index is 0.646. The van der Waals surface area contributed by atoms with Crippen LogP contribution in [0, 0.1) is 0 Å². The van der Waals surface area contributed by atoms with Gasteiger partial charge in [0.1, 0.15) is 0 Å². The van der Waals surface area contributed by atoms with Gasteiger partial charge in [0.15, 0.2) is 0 Å². The van der Waals surface area contributed by atoms with Crippen LogP contribution in [0.15, 0.2) is 0 Å². The molecule has 0 unspecified atom stereocenters. The van der Waals surface area contributed by atoms with Crippen LogP contribution in [0.25, 0.3) is 0 Å². The average Bonchev–Trinajstić information content (AvgIpc) is 1.85. The van der Waals surface area contributed by atoms with Gasteiger partial charge in [-0.3, -0.25) is 4.79 Å². The number of halogens is 3. The standard InChI is InChI=1S/C7H11F3O2/c1-6(2,12-3)4-5(11)7(8,9)10/h4H2,1-3H3. The lowest BCUT2D eigenvalue weighted by Gasteiger charge is -2.22. The molecule has 0 bridgehead atoms. The van der Waals surface area contributed by atoms with Gasteiger partial charge >= 0.3 is 6.18 Å². The third-order valence-electron chi connectivity index (χ3n) is 1.46. The fourth-order valence-corrected chi connectivity index (χ4v) is 0.559. The monoisotopic (exact) mass is 184 g/mol. The van der Waals surface area contributed by atoms with Gasteiger partial charge in [0.05, 0.1) is 5.60 Å². The van der Waals surface area contributed by atoms with Crippen molar-refractivity contribution < 1.29 is 22.7 Å². The number of hydrogen-bond acceptors (Lipinski definition) is 2. The van der Waals surface area contributed by atoms with Crippen LogP contribution < -0.4 is 0 Å². The molecule has 0 saturated heterocycles. The molecule has 12 heavy (non-hydrogen) atoms. The highest BCUT2D eigenvalue weighted by molar-refractivity contribution is 5.84. The molecule has 0 saturated carbocycles. The lowest BCUT2D eigenvalue weighted by molar-refractivity contribution is -0.175. The minimum atomic E-state index is -4.75. The Hall–Kier alpha value is -0.580.